The van der Waals surface area contributed by atoms with Gasteiger partial charge in [-0.3, -0.25) is 0 Å². The standard InChI is InChI=1S/C15H25NO2/c1-13(2)10-16-11-14-6-4-5-7-15(14)12-18-9-8-17-3/h4-7,13,16H,8-12H2,1-3H3. The second-order valence-corrected chi connectivity index (χ2v) is 4.84. The highest BCUT2D eigenvalue weighted by molar-refractivity contribution is 5.26. The monoisotopic (exact) mass is 251 g/mol. The predicted molar refractivity (Wildman–Crippen MR) is 74.5 cm³/mol. The number of hydrogen-bond donors (Lipinski definition) is 1. The molecule has 0 saturated carbocycles. The van der Waals surface area contributed by atoms with E-state index in [1.807, 2.05) is 0 Å². The van der Waals surface area contributed by atoms with Crippen molar-refractivity contribution in [2.45, 2.75) is 27.0 Å². The Hall–Kier alpha value is -0.900. The highest BCUT2D eigenvalue weighted by Gasteiger charge is 2.02. The summed E-state index contributed by atoms with van der Waals surface area (Å²) in [7, 11) is 1.69. The van der Waals surface area contributed by atoms with Gasteiger partial charge in [-0.2, -0.15) is 0 Å². The molecule has 3 nitrogen and oxygen atoms in total. The van der Waals surface area contributed by atoms with E-state index in [1.54, 1.807) is 7.11 Å². The van der Waals surface area contributed by atoms with Crippen molar-refractivity contribution in [3.63, 3.8) is 0 Å². The third-order valence-electron chi connectivity index (χ3n) is 2.68. The Morgan fingerprint density at radius 1 is 1.11 bits per heavy atom. The maximum atomic E-state index is 5.58. The van der Waals surface area contributed by atoms with E-state index in [2.05, 4.69) is 43.4 Å². The molecule has 1 N–H and O–H groups in total. The molecule has 0 radical (unpaired) electrons. The molecule has 0 aliphatic rings. The molecule has 18 heavy (non-hydrogen) atoms. The summed E-state index contributed by atoms with van der Waals surface area (Å²) in [5.41, 5.74) is 2.57. The van der Waals surface area contributed by atoms with Gasteiger partial charge >= 0.3 is 0 Å². The number of nitrogens with one attached hydrogen (secondary N) is 1. The van der Waals surface area contributed by atoms with E-state index in [-0.39, 0.29) is 0 Å². The molecule has 1 aromatic rings. The lowest BCUT2D eigenvalue weighted by Gasteiger charge is -2.12. The third kappa shape index (κ3) is 6.15. The van der Waals surface area contributed by atoms with Gasteiger partial charge in [0.1, 0.15) is 0 Å². The van der Waals surface area contributed by atoms with Crippen molar-refractivity contribution in [1.29, 1.82) is 0 Å². The van der Waals surface area contributed by atoms with Crippen LogP contribution in [-0.2, 0) is 22.6 Å². The third-order valence-corrected chi connectivity index (χ3v) is 2.68. The van der Waals surface area contributed by atoms with Crippen LogP contribution in [0.1, 0.15) is 25.0 Å². The molecular formula is C15H25NO2. The first-order valence-electron chi connectivity index (χ1n) is 6.58. The van der Waals surface area contributed by atoms with Gasteiger partial charge in [-0.1, -0.05) is 38.1 Å². The van der Waals surface area contributed by atoms with E-state index < -0.39 is 0 Å². The van der Waals surface area contributed by atoms with Crippen molar-refractivity contribution < 1.29 is 9.47 Å². The highest BCUT2D eigenvalue weighted by atomic mass is 16.5. The minimum Gasteiger partial charge on any atom is -0.382 e. The first-order chi connectivity index (χ1) is 8.74. The van der Waals surface area contributed by atoms with Gasteiger partial charge in [0.2, 0.25) is 0 Å². The Morgan fingerprint density at radius 2 is 1.83 bits per heavy atom. The summed E-state index contributed by atoms with van der Waals surface area (Å²) in [5, 5.41) is 3.46. The Balaban J connectivity index is 2.40. The molecule has 3 heteroatoms. The Kier molecular flexibility index (Phi) is 7.65. The summed E-state index contributed by atoms with van der Waals surface area (Å²) in [5.74, 6) is 0.676. The number of benzene rings is 1. The van der Waals surface area contributed by atoms with Crippen molar-refractivity contribution in [1.82, 2.24) is 5.32 Å². The summed E-state index contributed by atoms with van der Waals surface area (Å²) in [6.45, 7) is 8.32. The molecule has 1 rings (SSSR count). The normalized spacial score (nSPS) is 11.1. The summed E-state index contributed by atoms with van der Waals surface area (Å²) >= 11 is 0. The van der Waals surface area contributed by atoms with E-state index in [4.69, 9.17) is 9.47 Å². The van der Waals surface area contributed by atoms with Gasteiger partial charge in [0.05, 0.1) is 19.8 Å². The molecule has 0 fully saturated rings. The number of ether oxygens (including phenoxy) is 2. The number of hydrogen-bond acceptors (Lipinski definition) is 3. The van der Waals surface area contributed by atoms with Gasteiger partial charge in [0.15, 0.2) is 0 Å². The summed E-state index contributed by atoms with van der Waals surface area (Å²) in [4.78, 5) is 0. The molecule has 1 aromatic carbocycles. The fourth-order valence-electron chi connectivity index (χ4n) is 1.69. The van der Waals surface area contributed by atoms with Crippen LogP contribution in [-0.4, -0.2) is 26.9 Å². The van der Waals surface area contributed by atoms with Gasteiger partial charge in [0, 0.05) is 13.7 Å². The second kappa shape index (κ2) is 9.09. The van der Waals surface area contributed by atoms with Gasteiger partial charge in [-0.05, 0) is 23.6 Å². The van der Waals surface area contributed by atoms with Gasteiger partial charge < -0.3 is 14.8 Å². The molecule has 0 saturated heterocycles. The Bertz CT molecular complexity index is 326. The van der Waals surface area contributed by atoms with Crippen LogP contribution in [0.4, 0.5) is 0 Å². The smallest absolute Gasteiger partial charge is 0.0721 e. The highest BCUT2D eigenvalue weighted by Crippen LogP contribution is 2.10. The maximum absolute atomic E-state index is 5.58. The largest absolute Gasteiger partial charge is 0.382 e. The predicted octanol–water partition coefficient (Wildman–Crippen LogP) is 2.60. The maximum Gasteiger partial charge on any atom is 0.0721 e. The second-order valence-electron chi connectivity index (χ2n) is 4.84. The minimum absolute atomic E-state index is 0.643. The molecule has 0 unspecified atom stereocenters. The molecule has 102 valence electrons. The van der Waals surface area contributed by atoms with Crippen LogP contribution in [0.15, 0.2) is 24.3 Å². The van der Waals surface area contributed by atoms with Gasteiger partial charge in [-0.15, -0.1) is 0 Å². The first-order valence-corrected chi connectivity index (χ1v) is 6.58. The fourth-order valence-corrected chi connectivity index (χ4v) is 1.69. The van der Waals surface area contributed by atoms with Crippen molar-refractivity contribution in [3.05, 3.63) is 35.4 Å². The fraction of sp³-hybridized carbons (Fsp3) is 0.600. The van der Waals surface area contributed by atoms with Crippen LogP contribution >= 0.6 is 0 Å². The SMILES string of the molecule is COCCOCc1ccccc1CNCC(C)C. The lowest BCUT2D eigenvalue weighted by atomic mass is 10.1. The molecule has 0 aromatic heterocycles. The van der Waals surface area contributed by atoms with Crippen molar-refractivity contribution >= 4 is 0 Å². The van der Waals surface area contributed by atoms with E-state index in [0.29, 0.717) is 25.7 Å². The Morgan fingerprint density at radius 3 is 2.50 bits per heavy atom. The molecule has 0 spiro atoms. The van der Waals surface area contributed by atoms with Crippen LogP contribution in [0.5, 0.6) is 0 Å². The average Bonchev–Trinajstić information content (AvgIpc) is 2.36. The number of methoxy groups -OCH3 is 1. The zero-order valence-corrected chi connectivity index (χ0v) is 11.7. The minimum atomic E-state index is 0.643. The Labute approximate surface area is 110 Å². The van der Waals surface area contributed by atoms with Gasteiger partial charge in [-0.25, -0.2) is 0 Å². The molecule has 0 aliphatic heterocycles. The van der Waals surface area contributed by atoms with E-state index >= 15 is 0 Å². The average molecular weight is 251 g/mol. The van der Waals surface area contributed by atoms with Crippen LogP contribution in [0.25, 0.3) is 0 Å². The zero-order chi connectivity index (χ0) is 13.2. The van der Waals surface area contributed by atoms with Crippen LogP contribution in [0.3, 0.4) is 0 Å². The molecule has 0 heterocycles. The summed E-state index contributed by atoms with van der Waals surface area (Å²) in [6.07, 6.45) is 0. The molecule has 0 aliphatic carbocycles. The van der Waals surface area contributed by atoms with Crippen LogP contribution < -0.4 is 5.32 Å². The van der Waals surface area contributed by atoms with E-state index in [9.17, 15) is 0 Å². The van der Waals surface area contributed by atoms with Crippen molar-refractivity contribution in [2.75, 3.05) is 26.9 Å². The molecule has 0 amide bonds. The van der Waals surface area contributed by atoms with E-state index in [0.717, 1.165) is 13.1 Å². The first kappa shape index (κ1) is 15.2. The summed E-state index contributed by atoms with van der Waals surface area (Å²) in [6, 6.07) is 8.41. The topological polar surface area (TPSA) is 30.5 Å². The zero-order valence-electron chi connectivity index (χ0n) is 11.7. The molecular weight excluding hydrogens is 226 g/mol. The van der Waals surface area contributed by atoms with Crippen molar-refractivity contribution in [2.24, 2.45) is 5.92 Å². The number of rotatable bonds is 9. The lowest BCUT2D eigenvalue weighted by Crippen LogP contribution is -2.20. The quantitative estimate of drug-likeness (QED) is 0.684. The van der Waals surface area contributed by atoms with Crippen molar-refractivity contribution in [3.8, 4) is 0 Å². The van der Waals surface area contributed by atoms with Crippen LogP contribution in [0, 0.1) is 5.92 Å². The molecule has 0 bridgehead atoms. The van der Waals surface area contributed by atoms with E-state index in [1.165, 1.54) is 11.1 Å². The van der Waals surface area contributed by atoms with Gasteiger partial charge in [0.25, 0.3) is 0 Å². The lowest BCUT2D eigenvalue weighted by molar-refractivity contribution is 0.0613. The summed E-state index contributed by atoms with van der Waals surface area (Å²) < 4.78 is 10.5. The molecule has 0 atom stereocenters. The van der Waals surface area contributed by atoms with Crippen LogP contribution in [0.2, 0.25) is 0 Å².